The second kappa shape index (κ2) is 6.93. The lowest BCUT2D eigenvalue weighted by Crippen LogP contribution is -2.54. The number of amides is 2. The lowest BCUT2D eigenvalue weighted by Gasteiger charge is -2.34. The number of benzene rings is 2. The molecule has 124 valence electrons. The van der Waals surface area contributed by atoms with Crippen LogP contribution >= 0.6 is 11.6 Å². The zero-order chi connectivity index (χ0) is 17.1. The molecule has 0 spiro atoms. The van der Waals surface area contributed by atoms with Crippen molar-refractivity contribution in [3.63, 3.8) is 0 Å². The van der Waals surface area contributed by atoms with E-state index in [-0.39, 0.29) is 0 Å². The van der Waals surface area contributed by atoms with Crippen molar-refractivity contribution in [1.29, 1.82) is 0 Å². The second-order valence-corrected chi connectivity index (χ2v) is 5.88. The van der Waals surface area contributed by atoms with Gasteiger partial charge in [-0.3, -0.25) is 9.59 Å². The first-order valence-electron chi connectivity index (χ1n) is 7.58. The standard InChI is InChI=1S/C18H17ClN2O3/c1-24-15-8-6-14(7-9-15)21-11-10-20(17(22)18(21)23)12-13-4-2-3-5-16(13)19/h2-9H,10-12H2,1H3. The zero-order valence-electron chi connectivity index (χ0n) is 13.2. The molecule has 0 N–H and O–H groups in total. The average molecular weight is 345 g/mol. The maximum Gasteiger partial charge on any atom is 0.316 e. The molecule has 3 rings (SSSR count). The molecule has 2 aromatic rings. The molecular formula is C18H17ClN2O3. The summed E-state index contributed by atoms with van der Waals surface area (Å²) in [5.41, 5.74) is 1.52. The SMILES string of the molecule is COc1ccc(N2CCN(Cc3ccccc3Cl)C(=O)C2=O)cc1. The van der Waals surface area contributed by atoms with Gasteiger partial charge in [0.15, 0.2) is 0 Å². The summed E-state index contributed by atoms with van der Waals surface area (Å²) >= 11 is 6.14. The maximum atomic E-state index is 12.4. The van der Waals surface area contributed by atoms with Gasteiger partial charge in [0.25, 0.3) is 0 Å². The van der Waals surface area contributed by atoms with Crippen LogP contribution in [0.25, 0.3) is 0 Å². The quantitative estimate of drug-likeness (QED) is 0.801. The minimum atomic E-state index is -0.529. The van der Waals surface area contributed by atoms with E-state index in [4.69, 9.17) is 16.3 Å². The van der Waals surface area contributed by atoms with Crippen molar-refractivity contribution in [1.82, 2.24) is 4.90 Å². The summed E-state index contributed by atoms with van der Waals surface area (Å²) in [5.74, 6) is -0.342. The predicted molar refractivity (Wildman–Crippen MR) is 92.2 cm³/mol. The molecule has 0 aromatic heterocycles. The van der Waals surface area contributed by atoms with E-state index in [0.29, 0.717) is 36.1 Å². The van der Waals surface area contributed by atoms with Gasteiger partial charge in [0.05, 0.1) is 7.11 Å². The highest BCUT2D eigenvalue weighted by atomic mass is 35.5. The van der Waals surface area contributed by atoms with Gasteiger partial charge in [0.1, 0.15) is 5.75 Å². The number of hydrogen-bond donors (Lipinski definition) is 0. The van der Waals surface area contributed by atoms with Gasteiger partial charge in [-0.25, -0.2) is 0 Å². The molecule has 1 aliphatic heterocycles. The summed E-state index contributed by atoms with van der Waals surface area (Å²) in [6.07, 6.45) is 0. The second-order valence-electron chi connectivity index (χ2n) is 5.47. The number of methoxy groups -OCH3 is 1. The molecule has 0 aliphatic carbocycles. The van der Waals surface area contributed by atoms with Crippen molar-refractivity contribution in [2.24, 2.45) is 0 Å². The normalized spacial score (nSPS) is 14.9. The van der Waals surface area contributed by atoms with E-state index >= 15 is 0 Å². The molecule has 1 heterocycles. The van der Waals surface area contributed by atoms with E-state index in [1.807, 2.05) is 18.2 Å². The Morgan fingerprint density at radius 1 is 1.00 bits per heavy atom. The molecule has 2 aromatic carbocycles. The molecule has 0 unspecified atom stereocenters. The number of nitrogens with zero attached hydrogens (tertiary/aromatic N) is 2. The van der Waals surface area contributed by atoms with Gasteiger partial charge in [-0.2, -0.15) is 0 Å². The minimum Gasteiger partial charge on any atom is -0.497 e. The predicted octanol–water partition coefficient (Wildman–Crippen LogP) is 2.72. The highest BCUT2D eigenvalue weighted by molar-refractivity contribution is 6.41. The van der Waals surface area contributed by atoms with E-state index in [1.54, 1.807) is 37.4 Å². The Morgan fingerprint density at radius 2 is 1.71 bits per heavy atom. The molecular weight excluding hydrogens is 328 g/mol. The number of anilines is 1. The largest absolute Gasteiger partial charge is 0.497 e. The fraction of sp³-hybridized carbons (Fsp3) is 0.222. The first-order chi connectivity index (χ1) is 11.6. The molecule has 2 amide bonds. The monoisotopic (exact) mass is 344 g/mol. The Bertz CT molecular complexity index is 761. The highest BCUT2D eigenvalue weighted by Gasteiger charge is 2.33. The molecule has 1 fully saturated rings. The molecule has 5 nitrogen and oxygen atoms in total. The molecule has 0 bridgehead atoms. The van der Waals surface area contributed by atoms with Crippen LogP contribution in [0.5, 0.6) is 5.75 Å². The molecule has 24 heavy (non-hydrogen) atoms. The molecule has 0 atom stereocenters. The fourth-order valence-electron chi connectivity index (χ4n) is 2.67. The number of piperazine rings is 1. The van der Waals surface area contributed by atoms with Crippen molar-refractivity contribution in [3.8, 4) is 5.75 Å². The van der Waals surface area contributed by atoms with E-state index in [9.17, 15) is 9.59 Å². The Kier molecular flexibility index (Phi) is 4.71. The third-order valence-corrected chi connectivity index (χ3v) is 4.38. The first kappa shape index (κ1) is 16.3. The van der Waals surface area contributed by atoms with Crippen molar-refractivity contribution < 1.29 is 14.3 Å². The van der Waals surface area contributed by atoms with Crippen molar-refractivity contribution in [2.75, 3.05) is 25.1 Å². The van der Waals surface area contributed by atoms with Crippen LogP contribution in [0, 0.1) is 0 Å². The van der Waals surface area contributed by atoms with Gasteiger partial charge >= 0.3 is 11.8 Å². The molecule has 0 saturated carbocycles. The van der Waals surface area contributed by atoms with Crippen molar-refractivity contribution in [2.45, 2.75) is 6.54 Å². The summed E-state index contributed by atoms with van der Waals surface area (Å²) in [5, 5.41) is 0.593. The van der Waals surface area contributed by atoms with Crippen molar-refractivity contribution in [3.05, 3.63) is 59.1 Å². The number of rotatable bonds is 4. The first-order valence-corrected chi connectivity index (χ1v) is 7.96. The number of carbonyl (C=O) groups is 2. The summed E-state index contributed by atoms with van der Waals surface area (Å²) in [6.45, 7) is 1.24. The maximum absolute atomic E-state index is 12.4. The van der Waals surface area contributed by atoms with Gasteiger partial charge < -0.3 is 14.5 Å². The Balaban J connectivity index is 1.73. The number of halogens is 1. The zero-order valence-corrected chi connectivity index (χ0v) is 14.0. The van der Waals surface area contributed by atoms with Crippen LogP contribution in [0.2, 0.25) is 5.02 Å². The molecule has 1 aliphatic rings. The van der Waals surface area contributed by atoms with E-state index in [1.165, 1.54) is 9.80 Å². The third kappa shape index (κ3) is 3.21. The van der Waals surface area contributed by atoms with E-state index < -0.39 is 11.8 Å². The lowest BCUT2D eigenvalue weighted by atomic mass is 10.1. The van der Waals surface area contributed by atoms with E-state index in [2.05, 4.69) is 0 Å². The van der Waals surface area contributed by atoms with Crippen LogP contribution in [0.3, 0.4) is 0 Å². The summed E-state index contributed by atoms with van der Waals surface area (Å²) in [6, 6.07) is 14.4. The van der Waals surface area contributed by atoms with Gasteiger partial charge in [-0.05, 0) is 35.9 Å². The van der Waals surface area contributed by atoms with Crippen LogP contribution in [-0.4, -0.2) is 36.9 Å². The number of hydrogen-bond acceptors (Lipinski definition) is 3. The van der Waals surface area contributed by atoms with Crippen molar-refractivity contribution >= 4 is 29.1 Å². The molecule has 0 radical (unpaired) electrons. The minimum absolute atomic E-state index is 0.334. The Morgan fingerprint density at radius 3 is 2.38 bits per heavy atom. The van der Waals surface area contributed by atoms with E-state index in [0.717, 1.165) is 5.56 Å². The van der Waals surface area contributed by atoms with Crippen LogP contribution in [-0.2, 0) is 16.1 Å². The van der Waals surface area contributed by atoms with Gasteiger partial charge in [-0.15, -0.1) is 0 Å². The van der Waals surface area contributed by atoms with Crippen LogP contribution in [0.1, 0.15) is 5.56 Å². The average Bonchev–Trinajstić information content (AvgIpc) is 2.61. The highest BCUT2D eigenvalue weighted by Crippen LogP contribution is 2.23. The van der Waals surface area contributed by atoms with Gasteiger partial charge in [-0.1, -0.05) is 29.8 Å². The lowest BCUT2D eigenvalue weighted by molar-refractivity contribution is -0.146. The van der Waals surface area contributed by atoms with Gasteiger partial charge in [0.2, 0.25) is 0 Å². The Labute approximate surface area is 145 Å². The molecule has 1 saturated heterocycles. The number of carbonyl (C=O) groups excluding carboxylic acids is 2. The molecule has 6 heteroatoms. The van der Waals surface area contributed by atoms with Crippen LogP contribution in [0.15, 0.2) is 48.5 Å². The summed E-state index contributed by atoms with van der Waals surface area (Å²) < 4.78 is 5.11. The topological polar surface area (TPSA) is 49.9 Å². The van der Waals surface area contributed by atoms with Crippen LogP contribution in [0.4, 0.5) is 5.69 Å². The summed E-state index contributed by atoms with van der Waals surface area (Å²) in [7, 11) is 1.58. The smallest absolute Gasteiger partial charge is 0.316 e. The third-order valence-electron chi connectivity index (χ3n) is 4.01. The Hall–Kier alpha value is -2.53. The fourth-order valence-corrected chi connectivity index (χ4v) is 2.86. The van der Waals surface area contributed by atoms with Gasteiger partial charge in [0, 0.05) is 30.3 Å². The summed E-state index contributed by atoms with van der Waals surface area (Å²) in [4.78, 5) is 27.9. The number of ether oxygens (including phenoxy) is 1. The van der Waals surface area contributed by atoms with Crippen LogP contribution < -0.4 is 9.64 Å².